The molecule has 1 N–H and O–H groups in total. The Hall–Kier alpha value is -4.74. The largest absolute Gasteiger partial charge is 0.497 e. The quantitative estimate of drug-likeness (QED) is 0.169. The number of rotatable bonds is 11. The Kier molecular flexibility index (Phi) is 9.60. The first-order valence-electron chi connectivity index (χ1n) is 14.9. The normalized spacial score (nSPS) is 14.3. The lowest BCUT2D eigenvalue weighted by Gasteiger charge is -2.22. The molecule has 0 aliphatic carbocycles. The van der Waals surface area contributed by atoms with Gasteiger partial charge < -0.3 is 10.1 Å². The SMILES string of the molecule is COc1ccc(C2CC(c3cccs3)=NN2C(=O)CSc2nnc(CNC(=O)Cc3ccccc3)n2-c2cc(C)ccc2C)cc1. The molecule has 2 aromatic heterocycles. The van der Waals surface area contributed by atoms with E-state index in [4.69, 9.17) is 9.84 Å². The van der Waals surface area contributed by atoms with E-state index in [-0.39, 0.29) is 36.6 Å². The Bertz CT molecular complexity index is 1850. The number of ether oxygens (including phenoxy) is 1. The highest BCUT2D eigenvalue weighted by Gasteiger charge is 2.34. The molecule has 11 heteroatoms. The standard InChI is InChI=1S/C35H34N6O3S2/c1-23-11-12-24(2)29(18-23)40-32(21-36-33(42)19-25-8-5-4-6-9-25)37-38-35(40)46-22-34(43)41-30(26-13-15-27(44-3)16-14-26)20-28(39-41)31-10-7-17-45-31/h4-18,30H,19-22H2,1-3H3,(H,36,42). The number of aryl methyl sites for hydroxylation is 2. The molecular weight excluding hydrogens is 617 g/mol. The van der Waals surface area contributed by atoms with E-state index in [1.807, 2.05) is 96.6 Å². The van der Waals surface area contributed by atoms with Gasteiger partial charge in [0.15, 0.2) is 11.0 Å². The number of hydrazone groups is 1. The van der Waals surface area contributed by atoms with Gasteiger partial charge in [0.25, 0.3) is 5.91 Å². The second-order valence-corrected chi connectivity index (χ2v) is 12.9. The van der Waals surface area contributed by atoms with Crippen LogP contribution in [0.2, 0.25) is 0 Å². The highest BCUT2D eigenvalue weighted by molar-refractivity contribution is 7.99. The minimum absolute atomic E-state index is 0.107. The molecule has 5 aromatic rings. The van der Waals surface area contributed by atoms with Crippen LogP contribution in [0.1, 0.15) is 45.4 Å². The molecule has 1 aliphatic rings. The number of methoxy groups -OCH3 is 1. The summed E-state index contributed by atoms with van der Waals surface area (Å²) in [6.45, 7) is 4.25. The van der Waals surface area contributed by atoms with E-state index >= 15 is 0 Å². The number of benzene rings is 3. The van der Waals surface area contributed by atoms with Crippen molar-refractivity contribution in [1.82, 2.24) is 25.1 Å². The number of thiophene rings is 1. The molecule has 9 nitrogen and oxygen atoms in total. The van der Waals surface area contributed by atoms with Crippen molar-refractivity contribution in [3.8, 4) is 11.4 Å². The molecule has 0 fully saturated rings. The molecule has 3 aromatic carbocycles. The first-order chi connectivity index (χ1) is 22.4. The molecule has 6 rings (SSSR count). The second-order valence-electron chi connectivity index (χ2n) is 11.0. The van der Waals surface area contributed by atoms with Crippen LogP contribution in [0.15, 0.2) is 101 Å². The maximum Gasteiger partial charge on any atom is 0.253 e. The number of nitrogens with one attached hydrogen (secondary N) is 1. The zero-order valence-electron chi connectivity index (χ0n) is 25.8. The average Bonchev–Trinajstić information content (AvgIpc) is 3.85. The van der Waals surface area contributed by atoms with Crippen LogP contribution in [0.3, 0.4) is 0 Å². The second kappa shape index (κ2) is 14.1. The van der Waals surface area contributed by atoms with Gasteiger partial charge in [-0.05, 0) is 65.7 Å². The van der Waals surface area contributed by atoms with Crippen molar-refractivity contribution in [3.05, 3.63) is 123 Å². The number of hydrogen-bond acceptors (Lipinski definition) is 8. The minimum atomic E-state index is -0.233. The van der Waals surface area contributed by atoms with Crippen LogP contribution in [-0.4, -0.2) is 50.2 Å². The molecule has 0 saturated heterocycles. The summed E-state index contributed by atoms with van der Waals surface area (Å²) in [6.07, 6.45) is 0.891. The molecule has 0 bridgehead atoms. The van der Waals surface area contributed by atoms with E-state index in [1.165, 1.54) is 11.8 Å². The summed E-state index contributed by atoms with van der Waals surface area (Å²) in [5.74, 6) is 1.21. The third-order valence-corrected chi connectivity index (χ3v) is 9.59. The van der Waals surface area contributed by atoms with Crippen LogP contribution in [0.5, 0.6) is 5.75 Å². The Balaban J connectivity index is 1.23. The van der Waals surface area contributed by atoms with Crippen LogP contribution in [-0.2, 0) is 22.6 Å². The molecule has 2 amide bonds. The lowest BCUT2D eigenvalue weighted by atomic mass is 10.0. The highest BCUT2D eigenvalue weighted by atomic mass is 32.2. The predicted octanol–water partition coefficient (Wildman–Crippen LogP) is 6.28. The molecule has 0 saturated carbocycles. The number of carbonyl (C=O) groups excluding carboxylic acids is 2. The van der Waals surface area contributed by atoms with Gasteiger partial charge in [-0.3, -0.25) is 14.2 Å². The van der Waals surface area contributed by atoms with Gasteiger partial charge >= 0.3 is 0 Å². The summed E-state index contributed by atoms with van der Waals surface area (Å²) in [4.78, 5) is 27.7. The van der Waals surface area contributed by atoms with E-state index in [0.29, 0.717) is 17.4 Å². The lowest BCUT2D eigenvalue weighted by molar-refractivity contribution is -0.130. The van der Waals surface area contributed by atoms with Crippen molar-refractivity contribution in [2.24, 2.45) is 5.10 Å². The van der Waals surface area contributed by atoms with Crippen molar-refractivity contribution >= 4 is 40.6 Å². The van der Waals surface area contributed by atoms with Crippen LogP contribution >= 0.6 is 23.1 Å². The van der Waals surface area contributed by atoms with Gasteiger partial charge in [0.2, 0.25) is 5.91 Å². The number of nitrogens with zero attached hydrogens (tertiary/aromatic N) is 5. The third kappa shape index (κ3) is 7.05. The first kappa shape index (κ1) is 31.3. The first-order valence-corrected chi connectivity index (χ1v) is 16.8. The summed E-state index contributed by atoms with van der Waals surface area (Å²) in [5, 5.41) is 20.9. The van der Waals surface area contributed by atoms with Crippen LogP contribution in [0.4, 0.5) is 0 Å². The molecule has 1 unspecified atom stereocenters. The Morgan fingerprint density at radius 2 is 1.80 bits per heavy atom. The summed E-state index contributed by atoms with van der Waals surface area (Å²) < 4.78 is 7.29. The van der Waals surface area contributed by atoms with Crippen molar-refractivity contribution in [3.63, 3.8) is 0 Å². The van der Waals surface area contributed by atoms with E-state index in [0.717, 1.165) is 44.3 Å². The monoisotopic (exact) mass is 650 g/mol. The van der Waals surface area contributed by atoms with Gasteiger partial charge in [0.1, 0.15) is 5.75 Å². The topological polar surface area (TPSA) is 102 Å². The van der Waals surface area contributed by atoms with Gasteiger partial charge in [0.05, 0.1) is 48.1 Å². The fourth-order valence-corrected chi connectivity index (χ4v) is 6.88. The predicted molar refractivity (Wildman–Crippen MR) is 182 cm³/mol. The van der Waals surface area contributed by atoms with Crippen molar-refractivity contribution in [2.45, 2.75) is 44.4 Å². The van der Waals surface area contributed by atoms with Crippen LogP contribution in [0, 0.1) is 13.8 Å². The van der Waals surface area contributed by atoms with Crippen molar-refractivity contribution in [1.29, 1.82) is 0 Å². The molecule has 1 atom stereocenters. The summed E-state index contributed by atoms with van der Waals surface area (Å²) in [5.41, 5.74) is 5.82. The fourth-order valence-electron chi connectivity index (χ4n) is 5.34. The molecule has 3 heterocycles. The fraction of sp³-hybridized carbons (Fsp3) is 0.229. The van der Waals surface area contributed by atoms with Gasteiger partial charge in [-0.1, -0.05) is 72.4 Å². The molecule has 0 radical (unpaired) electrons. The zero-order chi connectivity index (χ0) is 32.0. The molecular formula is C35H34N6O3S2. The zero-order valence-corrected chi connectivity index (χ0v) is 27.5. The Labute approximate surface area is 276 Å². The van der Waals surface area contributed by atoms with Gasteiger partial charge in [-0.2, -0.15) is 5.10 Å². The number of hydrogen-bond donors (Lipinski definition) is 1. The van der Waals surface area contributed by atoms with Gasteiger partial charge in [0, 0.05) is 6.42 Å². The minimum Gasteiger partial charge on any atom is -0.497 e. The summed E-state index contributed by atoms with van der Waals surface area (Å²) >= 11 is 2.92. The lowest BCUT2D eigenvalue weighted by Crippen LogP contribution is -2.28. The average molecular weight is 651 g/mol. The van der Waals surface area contributed by atoms with Crippen molar-refractivity contribution < 1.29 is 14.3 Å². The maximum absolute atomic E-state index is 13.9. The summed E-state index contributed by atoms with van der Waals surface area (Å²) in [7, 11) is 1.64. The highest BCUT2D eigenvalue weighted by Crippen LogP contribution is 2.35. The van der Waals surface area contributed by atoms with Gasteiger partial charge in [-0.15, -0.1) is 21.5 Å². The van der Waals surface area contributed by atoms with E-state index in [9.17, 15) is 9.59 Å². The number of thioether (sulfide) groups is 1. The maximum atomic E-state index is 13.9. The molecule has 1 aliphatic heterocycles. The Morgan fingerprint density at radius 3 is 2.54 bits per heavy atom. The van der Waals surface area contributed by atoms with E-state index in [1.54, 1.807) is 23.5 Å². The Morgan fingerprint density at radius 1 is 1.00 bits per heavy atom. The molecule has 234 valence electrons. The molecule has 46 heavy (non-hydrogen) atoms. The molecule has 0 spiro atoms. The number of aromatic nitrogens is 3. The smallest absolute Gasteiger partial charge is 0.253 e. The number of carbonyl (C=O) groups is 2. The van der Waals surface area contributed by atoms with E-state index < -0.39 is 0 Å². The number of amides is 2. The van der Waals surface area contributed by atoms with Crippen molar-refractivity contribution in [2.75, 3.05) is 12.9 Å². The van der Waals surface area contributed by atoms with Crippen LogP contribution in [0.25, 0.3) is 5.69 Å². The third-order valence-electron chi connectivity index (χ3n) is 7.75. The van der Waals surface area contributed by atoms with E-state index in [2.05, 4.69) is 27.6 Å². The van der Waals surface area contributed by atoms with Crippen LogP contribution < -0.4 is 10.1 Å². The van der Waals surface area contributed by atoms with Gasteiger partial charge in [-0.25, -0.2) is 5.01 Å². The summed E-state index contributed by atoms with van der Waals surface area (Å²) in [6, 6.07) is 27.4.